The number of nitrogens with zero attached hydrogens (tertiary/aromatic N) is 1. The van der Waals surface area contributed by atoms with Crippen LogP contribution < -0.4 is 10.1 Å². The summed E-state index contributed by atoms with van der Waals surface area (Å²) in [5, 5.41) is 12.9. The van der Waals surface area contributed by atoms with Crippen molar-refractivity contribution in [2.45, 2.75) is 13.1 Å². The maximum absolute atomic E-state index is 12.5. The summed E-state index contributed by atoms with van der Waals surface area (Å²) in [7, 11) is 0. The van der Waals surface area contributed by atoms with Gasteiger partial charge in [0.2, 0.25) is 0 Å². The fourth-order valence-electron chi connectivity index (χ4n) is 2.58. The lowest BCUT2D eigenvalue weighted by Crippen LogP contribution is -2.19. The van der Waals surface area contributed by atoms with Gasteiger partial charge in [0.05, 0.1) is 5.56 Å². The lowest BCUT2D eigenvalue weighted by Gasteiger charge is -2.11. The molecular formula is C19H12ClF3N2O3. The fourth-order valence-corrected chi connectivity index (χ4v) is 2.75. The first-order chi connectivity index (χ1) is 13.2. The first-order valence-corrected chi connectivity index (χ1v) is 8.29. The zero-order valence-corrected chi connectivity index (χ0v) is 15.1. The normalized spacial score (nSPS) is 11.3. The van der Waals surface area contributed by atoms with Crippen molar-refractivity contribution in [3.8, 4) is 11.8 Å². The van der Waals surface area contributed by atoms with Gasteiger partial charge in [-0.15, -0.1) is 0 Å². The van der Waals surface area contributed by atoms with Gasteiger partial charge in [0, 0.05) is 21.7 Å². The molecule has 0 saturated carbocycles. The van der Waals surface area contributed by atoms with E-state index in [9.17, 15) is 18.0 Å². The number of hydrogen-bond acceptors (Lipinski definition) is 4. The predicted octanol–water partition coefficient (Wildman–Crippen LogP) is 5.46. The Kier molecular flexibility index (Phi) is 5.21. The number of rotatable bonds is 4. The number of aryl methyl sites for hydroxylation is 1. The van der Waals surface area contributed by atoms with Gasteiger partial charge in [-0.05, 0) is 43.3 Å². The van der Waals surface area contributed by atoms with Crippen LogP contribution in [0.15, 0.2) is 40.8 Å². The SMILES string of the molecule is Cc1c(C(=O)Nc2ccc(OCC(F)(F)F)c(C#N)c2)oc2ccc(Cl)cc12. The quantitative estimate of drug-likeness (QED) is 0.622. The van der Waals surface area contributed by atoms with Gasteiger partial charge in [-0.1, -0.05) is 11.6 Å². The van der Waals surface area contributed by atoms with Crippen molar-refractivity contribution in [3.05, 3.63) is 58.3 Å². The van der Waals surface area contributed by atoms with Gasteiger partial charge in [0.15, 0.2) is 12.4 Å². The number of carbonyl (C=O) groups excluding carboxylic acids is 1. The molecule has 0 bridgehead atoms. The van der Waals surface area contributed by atoms with Crippen LogP contribution in [0.1, 0.15) is 21.7 Å². The van der Waals surface area contributed by atoms with Crippen molar-refractivity contribution >= 4 is 34.2 Å². The fraction of sp³-hybridized carbons (Fsp3) is 0.158. The monoisotopic (exact) mass is 408 g/mol. The number of ether oxygens (including phenoxy) is 1. The number of nitriles is 1. The van der Waals surface area contributed by atoms with Crippen LogP contribution in [0.2, 0.25) is 5.02 Å². The van der Waals surface area contributed by atoms with Gasteiger partial charge < -0.3 is 14.5 Å². The van der Waals surface area contributed by atoms with E-state index in [1.165, 1.54) is 18.2 Å². The average Bonchev–Trinajstić information content (AvgIpc) is 2.96. The van der Waals surface area contributed by atoms with Gasteiger partial charge >= 0.3 is 6.18 Å². The van der Waals surface area contributed by atoms with Crippen molar-refractivity contribution in [1.29, 1.82) is 5.26 Å². The van der Waals surface area contributed by atoms with E-state index in [0.29, 0.717) is 21.6 Å². The molecule has 0 aliphatic heterocycles. The van der Waals surface area contributed by atoms with Crippen LogP contribution in [0, 0.1) is 18.3 Å². The average molecular weight is 409 g/mol. The largest absolute Gasteiger partial charge is 0.483 e. The molecule has 1 amide bonds. The second kappa shape index (κ2) is 7.44. The Hall–Kier alpha value is -3.18. The number of halogens is 4. The highest BCUT2D eigenvalue weighted by Gasteiger charge is 2.29. The number of benzene rings is 2. The summed E-state index contributed by atoms with van der Waals surface area (Å²) < 4.78 is 47.0. The molecule has 5 nitrogen and oxygen atoms in total. The molecule has 0 atom stereocenters. The molecule has 144 valence electrons. The van der Waals surface area contributed by atoms with Gasteiger partial charge in [-0.2, -0.15) is 18.4 Å². The summed E-state index contributed by atoms with van der Waals surface area (Å²) in [6.45, 7) is 0.181. The smallest absolute Gasteiger partial charge is 0.422 e. The van der Waals surface area contributed by atoms with Crippen molar-refractivity contribution in [2.75, 3.05) is 11.9 Å². The Bertz CT molecular complexity index is 1100. The van der Waals surface area contributed by atoms with Gasteiger partial charge in [-0.25, -0.2) is 0 Å². The van der Waals surface area contributed by atoms with Crippen molar-refractivity contribution in [1.82, 2.24) is 0 Å². The van der Waals surface area contributed by atoms with Gasteiger partial charge in [0.25, 0.3) is 5.91 Å². The van der Waals surface area contributed by atoms with Crippen molar-refractivity contribution in [2.24, 2.45) is 0 Å². The molecule has 0 spiro atoms. The van der Waals surface area contributed by atoms with Crippen LogP contribution in [0.3, 0.4) is 0 Å². The minimum Gasteiger partial charge on any atom is -0.483 e. The van der Waals surface area contributed by atoms with Crippen LogP contribution in [0.4, 0.5) is 18.9 Å². The Morgan fingerprint density at radius 2 is 2.04 bits per heavy atom. The topological polar surface area (TPSA) is 75.3 Å². The van der Waals surface area contributed by atoms with E-state index in [4.69, 9.17) is 21.3 Å². The number of carbonyl (C=O) groups is 1. The van der Waals surface area contributed by atoms with Crippen LogP contribution >= 0.6 is 11.6 Å². The molecule has 1 heterocycles. The third-order valence-corrected chi connectivity index (χ3v) is 4.09. The van der Waals surface area contributed by atoms with E-state index >= 15 is 0 Å². The number of amides is 1. The first-order valence-electron chi connectivity index (χ1n) is 7.91. The zero-order valence-electron chi connectivity index (χ0n) is 14.4. The summed E-state index contributed by atoms with van der Waals surface area (Å²) in [4.78, 5) is 12.5. The lowest BCUT2D eigenvalue weighted by atomic mass is 10.1. The molecule has 1 aromatic heterocycles. The zero-order chi connectivity index (χ0) is 20.5. The van der Waals surface area contributed by atoms with E-state index in [2.05, 4.69) is 10.1 Å². The lowest BCUT2D eigenvalue weighted by molar-refractivity contribution is -0.153. The Labute approximate surface area is 162 Å². The number of furan rings is 1. The number of alkyl halides is 3. The molecule has 0 aliphatic carbocycles. The molecule has 3 rings (SSSR count). The van der Waals surface area contributed by atoms with E-state index in [0.717, 1.165) is 0 Å². The summed E-state index contributed by atoms with van der Waals surface area (Å²) in [5.41, 5.74) is 1.13. The minimum atomic E-state index is -4.53. The third-order valence-electron chi connectivity index (χ3n) is 3.85. The van der Waals surface area contributed by atoms with Crippen LogP contribution in [-0.4, -0.2) is 18.7 Å². The van der Waals surface area contributed by atoms with E-state index in [1.807, 2.05) is 0 Å². The summed E-state index contributed by atoms with van der Waals surface area (Å²) in [5.74, 6) is -0.738. The molecule has 0 aliphatic rings. The molecular weight excluding hydrogens is 397 g/mol. The molecule has 3 aromatic rings. The molecule has 9 heteroatoms. The van der Waals surface area contributed by atoms with Crippen LogP contribution in [0.25, 0.3) is 11.0 Å². The van der Waals surface area contributed by atoms with Crippen molar-refractivity contribution in [3.63, 3.8) is 0 Å². The van der Waals surface area contributed by atoms with E-state index in [-0.39, 0.29) is 22.8 Å². The Morgan fingerprint density at radius 3 is 2.71 bits per heavy atom. The summed E-state index contributed by atoms with van der Waals surface area (Å²) in [6, 6.07) is 10.4. The second-order valence-electron chi connectivity index (χ2n) is 5.88. The number of hydrogen-bond donors (Lipinski definition) is 1. The second-order valence-corrected chi connectivity index (χ2v) is 6.31. The Balaban J connectivity index is 1.83. The van der Waals surface area contributed by atoms with Crippen LogP contribution in [-0.2, 0) is 0 Å². The maximum Gasteiger partial charge on any atom is 0.422 e. The molecule has 28 heavy (non-hydrogen) atoms. The standard InChI is InChI=1S/C19H12ClF3N2O3/c1-10-14-7-12(20)2-4-16(14)28-17(10)18(26)25-13-3-5-15(11(6-13)8-24)27-9-19(21,22)23/h2-7H,9H2,1H3,(H,25,26). The molecule has 0 fully saturated rings. The van der Waals surface area contributed by atoms with Gasteiger partial charge in [-0.3, -0.25) is 4.79 Å². The van der Waals surface area contributed by atoms with Crippen LogP contribution in [0.5, 0.6) is 5.75 Å². The number of anilines is 1. The summed E-state index contributed by atoms with van der Waals surface area (Å²) in [6.07, 6.45) is -4.53. The highest BCUT2D eigenvalue weighted by atomic mass is 35.5. The van der Waals surface area contributed by atoms with Crippen molar-refractivity contribution < 1.29 is 27.1 Å². The number of fused-ring (bicyclic) bond motifs is 1. The Morgan fingerprint density at radius 1 is 1.29 bits per heavy atom. The molecule has 1 N–H and O–H groups in total. The molecule has 0 saturated heterocycles. The van der Waals surface area contributed by atoms with Gasteiger partial charge in [0.1, 0.15) is 17.4 Å². The molecule has 0 radical (unpaired) electrons. The van der Waals surface area contributed by atoms with E-state index in [1.54, 1.807) is 31.2 Å². The van der Waals surface area contributed by atoms with E-state index < -0.39 is 18.7 Å². The maximum atomic E-state index is 12.5. The highest BCUT2D eigenvalue weighted by Crippen LogP contribution is 2.29. The molecule has 2 aromatic carbocycles. The highest BCUT2D eigenvalue weighted by molar-refractivity contribution is 6.31. The molecule has 0 unspecified atom stereocenters. The number of nitrogens with one attached hydrogen (secondary N) is 1. The summed E-state index contributed by atoms with van der Waals surface area (Å²) >= 11 is 5.96. The first kappa shape index (κ1) is 19.6. The third kappa shape index (κ3) is 4.21. The minimum absolute atomic E-state index is 0.0631. The predicted molar refractivity (Wildman–Crippen MR) is 96.6 cm³/mol.